The van der Waals surface area contributed by atoms with E-state index >= 15 is 0 Å². The Hall–Kier alpha value is -4.33. The number of aliphatic carboxylic acids is 1. The maximum atomic E-state index is 11.1. The molecule has 1 amide bonds. The van der Waals surface area contributed by atoms with Crippen LogP contribution in [0.1, 0.15) is 26.3 Å². The van der Waals surface area contributed by atoms with Crippen molar-refractivity contribution in [2.24, 2.45) is 10.2 Å². The molecule has 0 atom stereocenters. The number of carboxylic acids is 2. The van der Waals surface area contributed by atoms with Crippen molar-refractivity contribution in [3.05, 3.63) is 89.5 Å². The summed E-state index contributed by atoms with van der Waals surface area (Å²) in [5, 5.41) is 24.2. The maximum Gasteiger partial charge on any atom is 0.336 e. The van der Waals surface area contributed by atoms with Gasteiger partial charge in [0.25, 0.3) is 5.91 Å². The Bertz CT molecular complexity index is 1130. The fourth-order valence-corrected chi connectivity index (χ4v) is 2.69. The van der Waals surface area contributed by atoms with E-state index in [0.29, 0.717) is 11.4 Å². The summed E-state index contributed by atoms with van der Waals surface area (Å²) in [7, 11) is 0. The van der Waals surface area contributed by atoms with Gasteiger partial charge in [0.15, 0.2) is 0 Å². The summed E-state index contributed by atoms with van der Waals surface area (Å²) >= 11 is 0. The first-order valence-electron chi connectivity index (χ1n) is 8.80. The third kappa shape index (κ3) is 5.14. The number of nitrogens with zero attached hydrogens (tertiary/aromatic N) is 2. The Kier molecular flexibility index (Phi) is 6.29. The Labute approximate surface area is 171 Å². The Morgan fingerprint density at radius 3 is 2.23 bits per heavy atom. The molecule has 0 fully saturated rings. The van der Waals surface area contributed by atoms with Gasteiger partial charge in [0.2, 0.25) is 0 Å². The summed E-state index contributed by atoms with van der Waals surface area (Å²) in [5.41, 5.74) is 1.08. The van der Waals surface area contributed by atoms with Gasteiger partial charge in [-0.15, -0.1) is 10.2 Å². The molecule has 8 nitrogen and oxygen atoms in total. The van der Waals surface area contributed by atoms with Crippen molar-refractivity contribution >= 4 is 23.5 Å². The Morgan fingerprint density at radius 2 is 1.53 bits per heavy atom. The summed E-state index contributed by atoms with van der Waals surface area (Å²) in [4.78, 5) is 32.3. The van der Waals surface area contributed by atoms with Crippen molar-refractivity contribution in [3.63, 3.8) is 0 Å². The standard InChI is InChI=1S/C14H12O3.C8H4N2O3/c15-14(16)10-11-5-4-8-13(9-11)17-12-6-2-1-3-7-12;11-7-6-4(8(12)13)2-1-3-5(6)9-10-7/h1-9H,10H2,(H,15,16);1-3H,(H,12,13). The van der Waals surface area contributed by atoms with Gasteiger partial charge >= 0.3 is 11.9 Å². The van der Waals surface area contributed by atoms with Crippen LogP contribution < -0.4 is 4.74 Å². The van der Waals surface area contributed by atoms with Gasteiger partial charge in [0.1, 0.15) is 11.5 Å². The number of hydrogen-bond donors (Lipinski definition) is 2. The van der Waals surface area contributed by atoms with E-state index < -0.39 is 17.8 Å². The number of rotatable bonds is 5. The Morgan fingerprint density at radius 1 is 0.833 bits per heavy atom. The first-order valence-corrected chi connectivity index (χ1v) is 8.80. The lowest BCUT2D eigenvalue weighted by Crippen LogP contribution is -2.04. The molecule has 150 valence electrons. The van der Waals surface area contributed by atoms with Crippen LogP contribution in [-0.4, -0.2) is 28.1 Å². The summed E-state index contributed by atoms with van der Waals surface area (Å²) < 4.78 is 5.61. The number of carbonyl (C=O) groups excluding carboxylic acids is 1. The normalized spacial score (nSPS) is 11.3. The highest BCUT2D eigenvalue weighted by Gasteiger charge is 2.24. The van der Waals surface area contributed by atoms with Gasteiger partial charge in [-0.3, -0.25) is 9.59 Å². The molecule has 0 aromatic heterocycles. The van der Waals surface area contributed by atoms with Crippen molar-refractivity contribution in [1.82, 2.24) is 0 Å². The lowest BCUT2D eigenvalue weighted by Gasteiger charge is -2.06. The van der Waals surface area contributed by atoms with Crippen molar-refractivity contribution < 1.29 is 29.3 Å². The van der Waals surface area contributed by atoms with Crippen LogP contribution in [0.25, 0.3) is 0 Å². The predicted octanol–water partition coefficient (Wildman–Crippen LogP) is 4.73. The average Bonchev–Trinajstić information content (AvgIpc) is 3.10. The monoisotopic (exact) mass is 404 g/mol. The smallest absolute Gasteiger partial charge is 0.336 e. The highest BCUT2D eigenvalue weighted by molar-refractivity contribution is 6.10. The molecular weight excluding hydrogens is 388 g/mol. The van der Waals surface area contributed by atoms with E-state index in [1.165, 1.54) is 12.1 Å². The number of ether oxygens (including phenoxy) is 1. The van der Waals surface area contributed by atoms with E-state index in [0.717, 1.165) is 11.3 Å². The van der Waals surface area contributed by atoms with Crippen LogP contribution in [-0.2, 0) is 11.2 Å². The molecule has 0 bridgehead atoms. The minimum absolute atomic E-state index is 0.00594. The van der Waals surface area contributed by atoms with Crippen LogP contribution in [0.3, 0.4) is 0 Å². The zero-order valence-corrected chi connectivity index (χ0v) is 15.6. The fraction of sp³-hybridized carbons (Fsp3) is 0.0455. The first-order chi connectivity index (χ1) is 14.4. The number of azo groups is 1. The van der Waals surface area contributed by atoms with Crippen LogP contribution in [0.2, 0.25) is 0 Å². The van der Waals surface area contributed by atoms with E-state index in [2.05, 4.69) is 10.2 Å². The van der Waals surface area contributed by atoms with Crippen molar-refractivity contribution in [1.29, 1.82) is 0 Å². The summed E-state index contributed by atoms with van der Waals surface area (Å²) in [6.45, 7) is 0. The van der Waals surface area contributed by atoms with Crippen LogP contribution in [0.4, 0.5) is 5.69 Å². The Balaban J connectivity index is 0.000000177. The second kappa shape index (κ2) is 9.24. The molecule has 0 spiro atoms. The number of amides is 1. The molecule has 3 aromatic carbocycles. The van der Waals surface area contributed by atoms with Crippen molar-refractivity contribution in [2.45, 2.75) is 6.42 Å². The molecule has 1 aliphatic heterocycles. The average molecular weight is 404 g/mol. The molecular formula is C22H16N2O6. The highest BCUT2D eigenvalue weighted by atomic mass is 16.5. The molecule has 8 heteroatoms. The zero-order valence-electron chi connectivity index (χ0n) is 15.6. The molecule has 30 heavy (non-hydrogen) atoms. The van der Waals surface area contributed by atoms with Gasteiger partial charge in [-0.25, -0.2) is 4.79 Å². The van der Waals surface area contributed by atoms with Gasteiger partial charge in [-0.2, -0.15) is 0 Å². The predicted molar refractivity (Wildman–Crippen MR) is 107 cm³/mol. The number of hydrogen-bond acceptors (Lipinski definition) is 5. The summed E-state index contributed by atoms with van der Waals surface area (Å²) in [5.74, 6) is -1.19. The second-order valence-corrected chi connectivity index (χ2v) is 6.14. The van der Waals surface area contributed by atoms with Crippen LogP contribution >= 0.6 is 0 Å². The lowest BCUT2D eigenvalue weighted by atomic mass is 10.1. The van der Waals surface area contributed by atoms with Gasteiger partial charge in [0, 0.05) is 0 Å². The van der Waals surface area contributed by atoms with Crippen molar-refractivity contribution in [3.8, 4) is 11.5 Å². The van der Waals surface area contributed by atoms with Crippen LogP contribution in [0.5, 0.6) is 11.5 Å². The minimum Gasteiger partial charge on any atom is -0.481 e. The van der Waals surface area contributed by atoms with Crippen LogP contribution in [0.15, 0.2) is 83.0 Å². The summed E-state index contributed by atoms with van der Waals surface area (Å²) in [6, 6.07) is 20.9. The molecule has 4 rings (SSSR count). The molecule has 0 saturated carbocycles. The quantitative estimate of drug-likeness (QED) is 0.633. The van der Waals surface area contributed by atoms with E-state index in [-0.39, 0.29) is 17.5 Å². The number of benzene rings is 3. The number of fused-ring (bicyclic) bond motifs is 1. The van der Waals surface area contributed by atoms with Gasteiger partial charge in [0.05, 0.1) is 23.2 Å². The molecule has 0 saturated heterocycles. The van der Waals surface area contributed by atoms with E-state index in [1.54, 1.807) is 30.3 Å². The van der Waals surface area contributed by atoms with Gasteiger partial charge in [-0.05, 0) is 42.0 Å². The van der Waals surface area contributed by atoms with Crippen LogP contribution in [0, 0.1) is 0 Å². The molecule has 3 aromatic rings. The molecule has 0 radical (unpaired) electrons. The third-order valence-electron chi connectivity index (χ3n) is 3.97. The molecule has 1 heterocycles. The SMILES string of the molecule is O=C(O)Cc1cccc(Oc2ccccc2)c1.O=C(O)c1cccc2c1C(=O)N=N2. The molecule has 2 N–H and O–H groups in total. The second-order valence-electron chi connectivity index (χ2n) is 6.14. The number of aromatic carboxylic acids is 1. The molecule has 0 aliphatic carbocycles. The highest BCUT2D eigenvalue weighted by Crippen LogP contribution is 2.29. The molecule has 1 aliphatic rings. The van der Waals surface area contributed by atoms with Gasteiger partial charge < -0.3 is 14.9 Å². The lowest BCUT2D eigenvalue weighted by molar-refractivity contribution is -0.136. The minimum atomic E-state index is -1.14. The fourth-order valence-electron chi connectivity index (χ4n) is 2.69. The zero-order chi connectivity index (χ0) is 21.5. The maximum absolute atomic E-state index is 11.1. The number of carboxylic acid groups (broad SMARTS) is 2. The van der Waals surface area contributed by atoms with Crippen molar-refractivity contribution in [2.75, 3.05) is 0 Å². The van der Waals surface area contributed by atoms with Gasteiger partial charge in [-0.1, -0.05) is 36.4 Å². The third-order valence-corrected chi connectivity index (χ3v) is 3.97. The first kappa shape index (κ1) is 20.4. The van der Waals surface area contributed by atoms with E-state index in [1.807, 2.05) is 30.3 Å². The summed E-state index contributed by atoms with van der Waals surface area (Å²) in [6.07, 6.45) is 0.00594. The topological polar surface area (TPSA) is 126 Å². The largest absolute Gasteiger partial charge is 0.481 e. The number of carbonyl (C=O) groups is 3. The number of para-hydroxylation sites is 1. The molecule has 0 unspecified atom stereocenters. The van der Waals surface area contributed by atoms with E-state index in [9.17, 15) is 14.4 Å². The van der Waals surface area contributed by atoms with E-state index in [4.69, 9.17) is 14.9 Å².